The molecular formula is C34H41N5O6S. The summed E-state index contributed by atoms with van der Waals surface area (Å²) in [6.45, 7) is 8.85. The number of nitrogens with zero attached hydrogens (tertiary/aromatic N) is 4. The second-order valence-electron chi connectivity index (χ2n) is 11.9. The normalized spacial score (nSPS) is 13.8. The Morgan fingerprint density at radius 2 is 1.48 bits per heavy atom. The summed E-state index contributed by atoms with van der Waals surface area (Å²) in [5.41, 5.74) is 1.99. The Bertz CT molecular complexity index is 1700. The lowest BCUT2D eigenvalue weighted by Crippen LogP contribution is -2.47. The molecule has 1 aliphatic rings. The maximum Gasteiger partial charge on any atom is 0.265 e. The van der Waals surface area contributed by atoms with Crippen LogP contribution in [0.5, 0.6) is 23.1 Å². The predicted molar refractivity (Wildman–Crippen MR) is 179 cm³/mol. The van der Waals surface area contributed by atoms with Crippen LogP contribution in [0, 0.1) is 0 Å². The maximum atomic E-state index is 13.8. The molecule has 5 rings (SSSR count). The molecule has 0 amide bonds. The number of hydrogen-bond donors (Lipinski definition) is 2. The quantitative estimate of drug-likeness (QED) is 0.191. The van der Waals surface area contributed by atoms with Gasteiger partial charge in [-0.15, -0.1) is 0 Å². The van der Waals surface area contributed by atoms with Crippen LogP contribution in [0.2, 0.25) is 0 Å². The van der Waals surface area contributed by atoms with Gasteiger partial charge in [0.2, 0.25) is 11.7 Å². The van der Waals surface area contributed by atoms with E-state index in [-0.39, 0.29) is 41.0 Å². The third-order valence-electron chi connectivity index (χ3n) is 7.59. The zero-order chi connectivity index (χ0) is 32.7. The van der Waals surface area contributed by atoms with Crippen molar-refractivity contribution in [1.82, 2.24) is 9.97 Å². The summed E-state index contributed by atoms with van der Waals surface area (Å²) in [5, 5.41) is 9.43. The topological polar surface area (TPSA) is 126 Å². The molecule has 1 aliphatic heterocycles. The summed E-state index contributed by atoms with van der Waals surface area (Å²) >= 11 is 0. The van der Waals surface area contributed by atoms with Crippen LogP contribution < -0.4 is 28.7 Å². The first kappa shape index (κ1) is 32.8. The Labute approximate surface area is 270 Å². The van der Waals surface area contributed by atoms with Gasteiger partial charge < -0.3 is 29.1 Å². The molecule has 46 heavy (non-hydrogen) atoms. The molecule has 1 aromatic heterocycles. The van der Waals surface area contributed by atoms with Crippen molar-refractivity contribution in [2.45, 2.75) is 37.5 Å². The minimum absolute atomic E-state index is 0.0241. The average molecular weight is 648 g/mol. The Hall–Kier alpha value is -4.55. The Balaban J connectivity index is 1.54. The van der Waals surface area contributed by atoms with Gasteiger partial charge in [0.05, 0.1) is 18.6 Å². The summed E-state index contributed by atoms with van der Waals surface area (Å²) in [6, 6.07) is 23.9. The van der Waals surface area contributed by atoms with Crippen molar-refractivity contribution in [1.29, 1.82) is 0 Å². The molecule has 3 aromatic carbocycles. The van der Waals surface area contributed by atoms with Gasteiger partial charge in [-0.05, 0) is 47.4 Å². The third-order valence-corrected chi connectivity index (χ3v) is 8.95. The van der Waals surface area contributed by atoms with E-state index in [1.54, 1.807) is 36.4 Å². The largest absolute Gasteiger partial charge is 0.493 e. The molecule has 2 N–H and O–H groups in total. The van der Waals surface area contributed by atoms with Crippen LogP contribution in [0.1, 0.15) is 32.8 Å². The predicted octanol–water partition coefficient (Wildman–Crippen LogP) is 5.46. The Morgan fingerprint density at radius 1 is 0.848 bits per heavy atom. The first-order chi connectivity index (χ1) is 22.1. The number of piperazine rings is 1. The van der Waals surface area contributed by atoms with Crippen molar-refractivity contribution >= 4 is 27.5 Å². The van der Waals surface area contributed by atoms with Gasteiger partial charge in [-0.1, -0.05) is 63.2 Å². The van der Waals surface area contributed by atoms with Crippen LogP contribution in [-0.2, 0) is 15.4 Å². The van der Waals surface area contributed by atoms with Crippen LogP contribution in [0.3, 0.4) is 0 Å². The van der Waals surface area contributed by atoms with Gasteiger partial charge in [-0.3, -0.25) is 4.72 Å². The van der Waals surface area contributed by atoms with Gasteiger partial charge in [-0.25, -0.2) is 8.42 Å². The van der Waals surface area contributed by atoms with Crippen molar-refractivity contribution in [3.8, 4) is 23.1 Å². The molecule has 1 fully saturated rings. The number of sulfonamides is 1. The molecule has 4 aromatic rings. The minimum atomic E-state index is -4.11. The van der Waals surface area contributed by atoms with Gasteiger partial charge in [-0.2, -0.15) is 9.97 Å². The van der Waals surface area contributed by atoms with Crippen molar-refractivity contribution in [2.75, 3.05) is 61.0 Å². The second kappa shape index (κ2) is 14.3. The number of benzene rings is 3. The average Bonchev–Trinajstić information content (AvgIpc) is 3.06. The van der Waals surface area contributed by atoms with Crippen molar-refractivity contribution in [2.24, 2.45) is 0 Å². The van der Waals surface area contributed by atoms with Gasteiger partial charge in [0.1, 0.15) is 0 Å². The van der Waals surface area contributed by atoms with Crippen molar-refractivity contribution < 1.29 is 27.7 Å². The highest BCUT2D eigenvalue weighted by Gasteiger charge is 2.28. The second-order valence-corrected chi connectivity index (χ2v) is 13.6. The third kappa shape index (κ3) is 7.80. The minimum Gasteiger partial charge on any atom is -0.493 e. The first-order valence-corrected chi connectivity index (χ1v) is 16.7. The zero-order valence-corrected chi connectivity index (χ0v) is 27.5. The highest BCUT2D eigenvalue weighted by atomic mass is 32.2. The number of hydrogen-bond acceptors (Lipinski definition) is 10. The van der Waals surface area contributed by atoms with E-state index in [0.717, 1.165) is 11.3 Å². The van der Waals surface area contributed by atoms with E-state index >= 15 is 0 Å². The molecule has 0 unspecified atom stereocenters. The van der Waals surface area contributed by atoms with E-state index in [4.69, 9.17) is 24.2 Å². The lowest BCUT2D eigenvalue weighted by molar-refractivity contribution is 0.224. The van der Waals surface area contributed by atoms with E-state index in [2.05, 4.69) is 42.5 Å². The fourth-order valence-corrected chi connectivity index (χ4v) is 5.99. The van der Waals surface area contributed by atoms with E-state index in [1.807, 2.05) is 35.2 Å². The number of rotatable bonds is 12. The van der Waals surface area contributed by atoms with E-state index < -0.39 is 10.0 Å². The van der Waals surface area contributed by atoms with Crippen LogP contribution in [0.25, 0.3) is 0 Å². The lowest BCUT2D eigenvalue weighted by Gasteiger charge is -2.36. The molecular weight excluding hydrogens is 606 g/mol. The maximum absolute atomic E-state index is 13.8. The lowest BCUT2D eigenvalue weighted by atomic mass is 9.87. The summed E-state index contributed by atoms with van der Waals surface area (Å²) < 4.78 is 48.0. The molecule has 0 atom stereocenters. The summed E-state index contributed by atoms with van der Waals surface area (Å²) in [7, 11) is -2.60. The van der Waals surface area contributed by atoms with Crippen LogP contribution in [0.15, 0.2) is 83.8 Å². The SMILES string of the molecule is COc1ccccc1Oc1c(NS(=O)(=O)c2ccc(C(C)(C)C)cc2)nc(N2CCN(c3ccccc3)CC2)nc1OCCCO. The summed E-state index contributed by atoms with van der Waals surface area (Å²) in [6.07, 6.45) is 0.338. The van der Waals surface area contributed by atoms with E-state index in [9.17, 15) is 13.5 Å². The molecule has 12 heteroatoms. The number of anilines is 3. The standard InChI is InChI=1S/C34H41N5O6S/c1-34(2,3)25-15-17-27(18-16-25)46(41,42)37-31-30(45-29-14-9-8-13-28(29)43-4)32(44-24-10-23-40)36-33(35-31)39-21-19-38(20-22-39)26-11-6-5-7-12-26/h5-9,11-18,40H,10,19-24H2,1-4H3,(H,35,36,37). The first-order valence-electron chi connectivity index (χ1n) is 15.2. The molecule has 0 saturated carbocycles. The number of aliphatic hydroxyl groups is 1. The van der Waals surface area contributed by atoms with Gasteiger partial charge >= 0.3 is 0 Å². The number of nitrogens with one attached hydrogen (secondary N) is 1. The zero-order valence-electron chi connectivity index (χ0n) is 26.6. The molecule has 1 saturated heterocycles. The van der Waals surface area contributed by atoms with Crippen molar-refractivity contribution in [3.05, 3.63) is 84.4 Å². The Morgan fingerprint density at radius 3 is 2.11 bits per heavy atom. The fraction of sp³-hybridized carbons (Fsp3) is 0.353. The molecule has 2 heterocycles. The van der Waals surface area contributed by atoms with Gasteiger partial charge in [0.25, 0.3) is 15.9 Å². The summed E-state index contributed by atoms with van der Waals surface area (Å²) in [5.74, 6) is 0.969. The van der Waals surface area contributed by atoms with Crippen LogP contribution >= 0.6 is 0 Å². The number of ether oxygens (including phenoxy) is 3. The molecule has 0 radical (unpaired) electrons. The van der Waals surface area contributed by atoms with Gasteiger partial charge in [0.15, 0.2) is 17.3 Å². The Kier molecular flexibility index (Phi) is 10.2. The fourth-order valence-electron chi connectivity index (χ4n) is 4.99. The number of aromatic nitrogens is 2. The number of para-hydroxylation sites is 3. The molecule has 0 bridgehead atoms. The number of methoxy groups -OCH3 is 1. The highest BCUT2D eigenvalue weighted by Crippen LogP contribution is 2.42. The van der Waals surface area contributed by atoms with E-state index in [0.29, 0.717) is 50.0 Å². The van der Waals surface area contributed by atoms with Crippen molar-refractivity contribution in [3.63, 3.8) is 0 Å². The summed E-state index contributed by atoms with van der Waals surface area (Å²) in [4.78, 5) is 13.8. The highest BCUT2D eigenvalue weighted by molar-refractivity contribution is 7.92. The molecule has 244 valence electrons. The number of aliphatic hydroxyl groups excluding tert-OH is 1. The van der Waals surface area contributed by atoms with E-state index in [1.165, 1.54) is 7.11 Å². The smallest absolute Gasteiger partial charge is 0.265 e. The molecule has 0 aliphatic carbocycles. The van der Waals surface area contributed by atoms with Crippen LogP contribution in [0.4, 0.5) is 17.5 Å². The molecule has 0 spiro atoms. The molecule has 11 nitrogen and oxygen atoms in total. The monoisotopic (exact) mass is 647 g/mol. The van der Waals surface area contributed by atoms with Crippen LogP contribution in [-0.4, -0.2) is 70.0 Å². The van der Waals surface area contributed by atoms with Gasteiger partial charge in [0, 0.05) is 44.9 Å².